The molecule has 21 heavy (non-hydrogen) atoms. The van der Waals surface area contributed by atoms with Gasteiger partial charge in [-0.3, -0.25) is 0 Å². The van der Waals surface area contributed by atoms with E-state index in [1.54, 1.807) is 16.4 Å². The summed E-state index contributed by atoms with van der Waals surface area (Å²) >= 11 is 1.48. The zero-order valence-electron chi connectivity index (χ0n) is 12.4. The lowest BCUT2D eigenvalue weighted by Gasteiger charge is -2.31. The molecular weight excluding hydrogens is 328 g/mol. The van der Waals surface area contributed by atoms with Gasteiger partial charge in [-0.15, -0.1) is 24.2 Å². The highest BCUT2D eigenvalue weighted by molar-refractivity contribution is 7.99. The molecule has 0 spiro atoms. The number of hydrogen-bond donors (Lipinski definition) is 1. The molecule has 2 rings (SSSR count). The van der Waals surface area contributed by atoms with Gasteiger partial charge in [-0.1, -0.05) is 12.1 Å². The van der Waals surface area contributed by atoms with Crippen molar-refractivity contribution in [2.24, 2.45) is 5.92 Å². The van der Waals surface area contributed by atoms with E-state index in [-0.39, 0.29) is 12.4 Å². The van der Waals surface area contributed by atoms with Crippen molar-refractivity contribution in [3.05, 3.63) is 24.3 Å². The molecule has 1 N–H and O–H groups in total. The number of thioether (sulfide) groups is 1. The summed E-state index contributed by atoms with van der Waals surface area (Å²) in [5.74, 6) is 0.585. The number of benzene rings is 1. The third kappa shape index (κ3) is 4.36. The Hall–Kier alpha value is -0.270. The second-order valence-corrected chi connectivity index (χ2v) is 7.81. The quantitative estimate of drug-likeness (QED) is 0.829. The molecule has 7 heteroatoms. The standard InChI is InChI=1S/C14H22N2O2S2.ClH/c1-15-11-12-7-9-16(10-8-12)20(17,18)14-6-4-3-5-13(14)19-2;/h3-6,12,15H,7-11H2,1-2H3;1H. The van der Waals surface area contributed by atoms with Crippen LogP contribution in [0.15, 0.2) is 34.1 Å². The second kappa shape index (κ2) is 8.39. The molecule has 0 amide bonds. The van der Waals surface area contributed by atoms with E-state index >= 15 is 0 Å². The third-order valence-corrected chi connectivity index (χ3v) is 6.64. The monoisotopic (exact) mass is 350 g/mol. The smallest absolute Gasteiger partial charge is 0.244 e. The summed E-state index contributed by atoms with van der Waals surface area (Å²) < 4.78 is 27.1. The Kier molecular flexibility index (Phi) is 7.50. The van der Waals surface area contributed by atoms with Gasteiger partial charge in [-0.2, -0.15) is 4.31 Å². The SMILES string of the molecule is CNCC1CCN(S(=O)(=O)c2ccccc2SC)CC1.Cl. The van der Waals surface area contributed by atoms with Crippen LogP contribution in [0.2, 0.25) is 0 Å². The van der Waals surface area contributed by atoms with Gasteiger partial charge in [0.1, 0.15) is 0 Å². The number of nitrogens with zero attached hydrogens (tertiary/aromatic N) is 1. The Bertz CT molecular complexity index is 544. The molecule has 1 fully saturated rings. The first-order valence-corrected chi connectivity index (χ1v) is 9.54. The zero-order valence-corrected chi connectivity index (χ0v) is 14.9. The van der Waals surface area contributed by atoms with E-state index in [4.69, 9.17) is 0 Å². The molecule has 0 saturated carbocycles. The molecule has 0 aromatic heterocycles. The summed E-state index contributed by atoms with van der Waals surface area (Å²) in [6, 6.07) is 7.25. The van der Waals surface area contributed by atoms with E-state index in [0.717, 1.165) is 24.3 Å². The Balaban J connectivity index is 0.00000220. The maximum atomic E-state index is 12.7. The van der Waals surface area contributed by atoms with E-state index in [1.807, 2.05) is 25.4 Å². The van der Waals surface area contributed by atoms with Crippen molar-refractivity contribution in [3.63, 3.8) is 0 Å². The summed E-state index contributed by atoms with van der Waals surface area (Å²) in [6.45, 7) is 2.21. The van der Waals surface area contributed by atoms with E-state index in [0.29, 0.717) is 23.9 Å². The summed E-state index contributed by atoms with van der Waals surface area (Å²) in [4.78, 5) is 1.27. The van der Waals surface area contributed by atoms with Crippen LogP contribution in [0.4, 0.5) is 0 Å². The fraction of sp³-hybridized carbons (Fsp3) is 0.571. The van der Waals surface area contributed by atoms with Crippen LogP contribution in [0.5, 0.6) is 0 Å². The zero-order chi connectivity index (χ0) is 14.6. The van der Waals surface area contributed by atoms with Crippen LogP contribution in [-0.4, -0.2) is 45.7 Å². The number of halogens is 1. The van der Waals surface area contributed by atoms with Gasteiger partial charge < -0.3 is 5.32 Å². The van der Waals surface area contributed by atoms with Crippen LogP contribution < -0.4 is 5.32 Å². The number of nitrogens with one attached hydrogen (secondary N) is 1. The fourth-order valence-corrected chi connectivity index (χ4v) is 5.21. The van der Waals surface area contributed by atoms with Crippen molar-refractivity contribution >= 4 is 34.2 Å². The molecule has 0 aliphatic carbocycles. The van der Waals surface area contributed by atoms with Gasteiger partial charge in [0.15, 0.2) is 0 Å². The maximum Gasteiger partial charge on any atom is 0.244 e. The van der Waals surface area contributed by atoms with Gasteiger partial charge in [0.2, 0.25) is 10.0 Å². The van der Waals surface area contributed by atoms with Crippen molar-refractivity contribution in [2.45, 2.75) is 22.6 Å². The Labute approximate surface area is 138 Å². The Morgan fingerprint density at radius 3 is 2.48 bits per heavy atom. The minimum absolute atomic E-state index is 0. The molecule has 1 saturated heterocycles. The highest BCUT2D eigenvalue weighted by atomic mass is 35.5. The van der Waals surface area contributed by atoms with Crippen molar-refractivity contribution in [1.29, 1.82) is 0 Å². The first-order valence-electron chi connectivity index (χ1n) is 6.87. The molecule has 4 nitrogen and oxygen atoms in total. The maximum absolute atomic E-state index is 12.7. The van der Waals surface area contributed by atoms with Crippen LogP contribution in [0.1, 0.15) is 12.8 Å². The van der Waals surface area contributed by atoms with Gasteiger partial charge in [0, 0.05) is 18.0 Å². The predicted octanol–water partition coefficient (Wildman–Crippen LogP) is 2.45. The molecule has 0 radical (unpaired) electrons. The third-order valence-electron chi connectivity index (χ3n) is 3.75. The lowest BCUT2D eigenvalue weighted by Crippen LogP contribution is -2.40. The van der Waals surface area contributed by atoms with Crippen LogP contribution in [0.25, 0.3) is 0 Å². The molecule has 1 heterocycles. The van der Waals surface area contributed by atoms with Crippen molar-refractivity contribution in [2.75, 3.05) is 32.9 Å². The van der Waals surface area contributed by atoms with E-state index in [2.05, 4.69) is 5.32 Å². The van der Waals surface area contributed by atoms with Gasteiger partial charge in [0.25, 0.3) is 0 Å². The number of piperidine rings is 1. The number of rotatable bonds is 5. The predicted molar refractivity (Wildman–Crippen MR) is 90.9 cm³/mol. The molecule has 0 atom stereocenters. The molecule has 1 aliphatic heterocycles. The minimum atomic E-state index is -3.35. The van der Waals surface area contributed by atoms with Crippen LogP contribution in [0, 0.1) is 5.92 Å². The normalized spacial score (nSPS) is 17.4. The highest BCUT2D eigenvalue weighted by Crippen LogP contribution is 2.29. The summed E-state index contributed by atoms with van der Waals surface area (Å²) in [5, 5.41) is 3.17. The van der Waals surface area contributed by atoms with Gasteiger partial charge in [-0.05, 0) is 50.7 Å². The molecule has 0 bridgehead atoms. The van der Waals surface area contributed by atoms with E-state index < -0.39 is 10.0 Å². The Morgan fingerprint density at radius 2 is 1.90 bits per heavy atom. The summed E-state index contributed by atoms with van der Waals surface area (Å²) in [7, 11) is -1.41. The van der Waals surface area contributed by atoms with Crippen LogP contribution >= 0.6 is 24.2 Å². The molecular formula is C14H23ClN2O2S2. The van der Waals surface area contributed by atoms with E-state index in [1.165, 1.54) is 11.8 Å². The average Bonchev–Trinajstić information content (AvgIpc) is 2.48. The van der Waals surface area contributed by atoms with Gasteiger partial charge >= 0.3 is 0 Å². The molecule has 1 aromatic rings. The summed E-state index contributed by atoms with van der Waals surface area (Å²) in [5.41, 5.74) is 0. The van der Waals surface area contributed by atoms with Crippen molar-refractivity contribution in [3.8, 4) is 0 Å². The molecule has 1 aromatic carbocycles. The van der Waals surface area contributed by atoms with Gasteiger partial charge in [0.05, 0.1) is 4.90 Å². The minimum Gasteiger partial charge on any atom is -0.319 e. The van der Waals surface area contributed by atoms with E-state index in [9.17, 15) is 8.42 Å². The number of sulfonamides is 1. The number of hydrogen-bond acceptors (Lipinski definition) is 4. The van der Waals surface area contributed by atoms with Crippen LogP contribution in [0.3, 0.4) is 0 Å². The van der Waals surface area contributed by atoms with Crippen molar-refractivity contribution < 1.29 is 8.42 Å². The second-order valence-electron chi connectivity index (χ2n) is 5.06. The fourth-order valence-electron chi connectivity index (χ4n) is 2.61. The first-order chi connectivity index (χ1) is 9.59. The molecule has 0 unspecified atom stereocenters. The highest BCUT2D eigenvalue weighted by Gasteiger charge is 2.30. The lowest BCUT2D eigenvalue weighted by atomic mass is 9.98. The Morgan fingerprint density at radius 1 is 1.29 bits per heavy atom. The largest absolute Gasteiger partial charge is 0.319 e. The summed E-state index contributed by atoms with van der Waals surface area (Å²) in [6.07, 6.45) is 3.77. The first kappa shape index (κ1) is 18.8. The topological polar surface area (TPSA) is 49.4 Å². The lowest BCUT2D eigenvalue weighted by molar-refractivity contribution is 0.270. The van der Waals surface area contributed by atoms with Gasteiger partial charge in [-0.25, -0.2) is 8.42 Å². The molecule has 1 aliphatic rings. The van der Waals surface area contributed by atoms with Crippen LogP contribution in [-0.2, 0) is 10.0 Å². The average molecular weight is 351 g/mol. The van der Waals surface area contributed by atoms with Crippen molar-refractivity contribution in [1.82, 2.24) is 9.62 Å². The molecule has 120 valence electrons.